The van der Waals surface area contributed by atoms with E-state index in [1.54, 1.807) is 11.6 Å². The zero-order chi connectivity index (χ0) is 15.7. The topological polar surface area (TPSA) is 90.0 Å². The monoisotopic (exact) mass is 302 g/mol. The smallest absolute Gasteiger partial charge is 0.246 e. The molecule has 0 unspecified atom stereocenters. The van der Waals surface area contributed by atoms with Gasteiger partial charge in [-0.1, -0.05) is 13.8 Å². The van der Waals surface area contributed by atoms with Crippen LogP contribution in [0.5, 0.6) is 0 Å². The predicted octanol–water partition coefficient (Wildman–Crippen LogP) is 1.85. The molecule has 6 nitrogen and oxygen atoms in total. The summed E-state index contributed by atoms with van der Waals surface area (Å²) in [5, 5.41) is 4.26. The molecule has 1 heterocycles. The Morgan fingerprint density at radius 3 is 2.30 bits per heavy atom. The first-order chi connectivity index (χ1) is 8.97. The first-order valence-corrected chi connectivity index (χ1v) is 8.30. The Bertz CT molecular complexity index is 568. The van der Waals surface area contributed by atoms with E-state index in [4.69, 9.17) is 5.73 Å². The third kappa shape index (κ3) is 3.73. The SMILES string of the molecule is Cc1nn(C(C)(C)C)c(N)c1S(=O)(=O)NCCC(C)C. The summed E-state index contributed by atoms with van der Waals surface area (Å²) in [5.41, 5.74) is 6.05. The lowest BCUT2D eigenvalue weighted by molar-refractivity contribution is 0.360. The van der Waals surface area contributed by atoms with Crippen molar-refractivity contribution in [2.75, 3.05) is 12.3 Å². The number of rotatable bonds is 5. The molecular weight excluding hydrogens is 276 g/mol. The summed E-state index contributed by atoms with van der Waals surface area (Å²) in [6, 6.07) is 0. The van der Waals surface area contributed by atoms with Gasteiger partial charge in [-0.15, -0.1) is 0 Å². The fraction of sp³-hybridized carbons (Fsp3) is 0.769. The summed E-state index contributed by atoms with van der Waals surface area (Å²) in [6.07, 6.45) is 0.783. The molecule has 1 rings (SSSR count). The van der Waals surface area contributed by atoms with Crippen LogP contribution in [0.15, 0.2) is 4.90 Å². The van der Waals surface area contributed by atoms with Gasteiger partial charge >= 0.3 is 0 Å². The van der Waals surface area contributed by atoms with E-state index < -0.39 is 10.0 Å². The van der Waals surface area contributed by atoms with Crippen molar-refractivity contribution in [2.45, 2.75) is 58.4 Å². The number of nitrogen functional groups attached to an aromatic ring is 1. The maximum absolute atomic E-state index is 12.4. The van der Waals surface area contributed by atoms with E-state index in [0.29, 0.717) is 18.2 Å². The lowest BCUT2D eigenvalue weighted by Gasteiger charge is -2.20. The van der Waals surface area contributed by atoms with Crippen LogP contribution in [0.2, 0.25) is 0 Å². The minimum atomic E-state index is -3.62. The summed E-state index contributed by atoms with van der Waals surface area (Å²) in [5.74, 6) is 0.625. The van der Waals surface area contributed by atoms with Crippen molar-refractivity contribution in [2.24, 2.45) is 5.92 Å². The molecule has 0 aliphatic rings. The van der Waals surface area contributed by atoms with Gasteiger partial charge < -0.3 is 5.73 Å². The van der Waals surface area contributed by atoms with Crippen LogP contribution in [0.3, 0.4) is 0 Å². The number of nitrogens with two attached hydrogens (primary N) is 1. The highest BCUT2D eigenvalue weighted by molar-refractivity contribution is 7.89. The van der Waals surface area contributed by atoms with Gasteiger partial charge in [0.1, 0.15) is 10.7 Å². The minimum Gasteiger partial charge on any atom is -0.383 e. The lowest BCUT2D eigenvalue weighted by atomic mass is 10.1. The Hall–Kier alpha value is -1.08. The number of nitrogens with zero attached hydrogens (tertiary/aromatic N) is 2. The lowest BCUT2D eigenvalue weighted by Crippen LogP contribution is -2.28. The molecule has 0 radical (unpaired) electrons. The molecule has 116 valence electrons. The molecule has 0 bridgehead atoms. The van der Waals surface area contributed by atoms with Gasteiger partial charge in [0.25, 0.3) is 0 Å². The van der Waals surface area contributed by atoms with Crippen molar-refractivity contribution in [1.82, 2.24) is 14.5 Å². The highest BCUT2D eigenvalue weighted by atomic mass is 32.2. The Balaban J connectivity index is 3.11. The van der Waals surface area contributed by atoms with Crippen LogP contribution in [0.4, 0.5) is 5.82 Å². The highest BCUT2D eigenvalue weighted by Crippen LogP contribution is 2.27. The molecule has 1 aromatic rings. The van der Waals surface area contributed by atoms with Crippen LogP contribution in [0, 0.1) is 12.8 Å². The second kappa shape index (κ2) is 5.73. The zero-order valence-electron chi connectivity index (χ0n) is 13.2. The van der Waals surface area contributed by atoms with Gasteiger partial charge in [0.2, 0.25) is 10.0 Å². The summed E-state index contributed by atoms with van der Waals surface area (Å²) >= 11 is 0. The average molecular weight is 302 g/mol. The number of hydrogen-bond acceptors (Lipinski definition) is 4. The van der Waals surface area contributed by atoms with E-state index in [2.05, 4.69) is 9.82 Å². The van der Waals surface area contributed by atoms with Crippen LogP contribution >= 0.6 is 0 Å². The van der Waals surface area contributed by atoms with Crippen molar-refractivity contribution < 1.29 is 8.42 Å². The van der Waals surface area contributed by atoms with Gasteiger partial charge in [0.15, 0.2) is 0 Å². The predicted molar refractivity (Wildman–Crippen MR) is 81.0 cm³/mol. The first kappa shape index (κ1) is 17.0. The van der Waals surface area contributed by atoms with E-state index >= 15 is 0 Å². The minimum absolute atomic E-state index is 0.0937. The standard InChI is InChI=1S/C13H26N4O2S/c1-9(2)7-8-15-20(18,19)11-10(3)16-17(12(11)14)13(4,5)6/h9,15H,7-8,14H2,1-6H3. The molecule has 0 aliphatic heterocycles. The number of hydrogen-bond donors (Lipinski definition) is 2. The average Bonchev–Trinajstić information content (AvgIpc) is 2.53. The number of anilines is 1. The molecule has 1 aromatic heterocycles. The molecule has 0 fully saturated rings. The number of aryl methyl sites for hydroxylation is 1. The zero-order valence-corrected chi connectivity index (χ0v) is 14.0. The second-order valence-corrected chi connectivity index (χ2v) is 8.17. The van der Waals surface area contributed by atoms with Crippen LogP contribution in [-0.2, 0) is 15.6 Å². The molecule has 0 spiro atoms. The molecule has 0 saturated heterocycles. The quantitative estimate of drug-likeness (QED) is 0.868. The molecule has 3 N–H and O–H groups in total. The fourth-order valence-electron chi connectivity index (χ4n) is 1.93. The van der Waals surface area contributed by atoms with Crippen LogP contribution < -0.4 is 10.5 Å². The molecule has 0 atom stereocenters. The van der Waals surface area contributed by atoms with Crippen molar-refractivity contribution in [1.29, 1.82) is 0 Å². The molecule has 7 heteroatoms. The van der Waals surface area contributed by atoms with Gasteiger partial charge in [-0.05, 0) is 40.0 Å². The molecule has 20 heavy (non-hydrogen) atoms. The largest absolute Gasteiger partial charge is 0.383 e. The molecular formula is C13H26N4O2S. The molecule has 0 saturated carbocycles. The number of sulfonamides is 1. The van der Waals surface area contributed by atoms with Crippen molar-refractivity contribution in [3.8, 4) is 0 Å². The Labute approximate surface area is 121 Å². The van der Waals surface area contributed by atoms with Crippen LogP contribution in [0.1, 0.15) is 46.7 Å². The normalized spacial score (nSPS) is 13.2. The van der Waals surface area contributed by atoms with Crippen molar-refractivity contribution >= 4 is 15.8 Å². The number of aromatic nitrogens is 2. The Kier molecular flexibility index (Phi) is 4.86. The van der Waals surface area contributed by atoms with E-state index in [-0.39, 0.29) is 16.3 Å². The summed E-state index contributed by atoms with van der Waals surface area (Å²) in [6.45, 7) is 11.9. The first-order valence-electron chi connectivity index (χ1n) is 6.82. The molecule has 0 amide bonds. The van der Waals surface area contributed by atoms with Crippen LogP contribution in [0.25, 0.3) is 0 Å². The Morgan fingerprint density at radius 1 is 1.35 bits per heavy atom. The summed E-state index contributed by atoms with van der Waals surface area (Å²) in [4.78, 5) is 0.0937. The highest BCUT2D eigenvalue weighted by Gasteiger charge is 2.29. The van der Waals surface area contributed by atoms with Crippen molar-refractivity contribution in [3.63, 3.8) is 0 Å². The van der Waals surface area contributed by atoms with E-state index in [1.807, 2.05) is 34.6 Å². The van der Waals surface area contributed by atoms with E-state index in [0.717, 1.165) is 6.42 Å². The van der Waals surface area contributed by atoms with Gasteiger partial charge in [0, 0.05) is 6.54 Å². The van der Waals surface area contributed by atoms with Gasteiger partial charge in [0.05, 0.1) is 11.2 Å². The summed E-state index contributed by atoms with van der Waals surface area (Å²) < 4.78 is 28.8. The third-order valence-electron chi connectivity index (χ3n) is 2.96. The van der Waals surface area contributed by atoms with Crippen molar-refractivity contribution in [3.05, 3.63) is 5.69 Å². The van der Waals surface area contributed by atoms with E-state index in [1.165, 1.54) is 0 Å². The number of nitrogens with one attached hydrogen (secondary N) is 1. The molecule has 0 aliphatic carbocycles. The maximum Gasteiger partial charge on any atom is 0.246 e. The van der Waals surface area contributed by atoms with Gasteiger partial charge in [-0.25, -0.2) is 17.8 Å². The Morgan fingerprint density at radius 2 is 1.90 bits per heavy atom. The third-order valence-corrected chi connectivity index (χ3v) is 4.58. The van der Waals surface area contributed by atoms with Gasteiger partial charge in [-0.3, -0.25) is 0 Å². The van der Waals surface area contributed by atoms with Gasteiger partial charge in [-0.2, -0.15) is 5.10 Å². The molecule has 0 aromatic carbocycles. The second-order valence-electron chi connectivity index (χ2n) is 6.46. The van der Waals surface area contributed by atoms with E-state index in [9.17, 15) is 8.42 Å². The van der Waals surface area contributed by atoms with Crippen LogP contribution in [-0.4, -0.2) is 24.7 Å². The summed E-state index contributed by atoms with van der Waals surface area (Å²) in [7, 11) is -3.62. The maximum atomic E-state index is 12.4. The fourth-order valence-corrected chi connectivity index (χ4v) is 3.25.